The van der Waals surface area contributed by atoms with Crippen molar-refractivity contribution in [1.29, 1.82) is 0 Å². The first-order chi connectivity index (χ1) is 11.6. The minimum atomic E-state index is -0.440. The van der Waals surface area contributed by atoms with E-state index in [1.807, 2.05) is 0 Å². The summed E-state index contributed by atoms with van der Waals surface area (Å²) in [5, 5.41) is 4.89. The summed E-state index contributed by atoms with van der Waals surface area (Å²) in [5.41, 5.74) is 4.01. The molecule has 0 heterocycles. The fourth-order valence-corrected chi connectivity index (χ4v) is 1.69. The van der Waals surface area contributed by atoms with Crippen molar-refractivity contribution in [2.24, 2.45) is 0 Å². The van der Waals surface area contributed by atoms with Crippen LogP contribution in [0.5, 0.6) is 0 Å². The first-order valence-corrected chi connectivity index (χ1v) is 7.26. The van der Waals surface area contributed by atoms with E-state index in [-0.39, 0.29) is 19.1 Å². The van der Waals surface area contributed by atoms with Crippen molar-refractivity contribution in [3.63, 3.8) is 0 Å². The fourth-order valence-electron chi connectivity index (χ4n) is 1.69. The minimum Gasteiger partial charge on any atom is -0.445 e. The molecule has 0 saturated heterocycles. The van der Waals surface area contributed by atoms with E-state index < -0.39 is 6.09 Å². The zero-order valence-electron chi connectivity index (χ0n) is 13.7. The second-order valence-corrected chi connectivity index (χ2v) is 4.82. The van der Waals surface area contributed by atoms with E-state index in [2.05, 4.69) is 21.0 Å². The number of nitrogens with one attached hydrogen (secondary N) is 3. The molecule has 0 aromatic heterocycles. The Morgan fingerprint density at radius 3 is 2.58 bits per heavy atom. The summed E-state index contributed by atoms with van der Waals surface area (Å²) >= 11 is 0. The third-order valence-electron chi connectivity index (χ3n) is 2.95. The number of hydroxylamine groups is 1. The summed E-state index contributed by atoms with van der Waals surface area (Å²) in [5.74, 6) is -0.326. The molecule has 0 bridgehead atoms. The monoisotopic (exact) mass is 338 g/mol. The number of anilines is 1. The highest BCUT2D eigenvalue weighted by atomic mass is 16.6. The average molecular weight is 338 g/mol. The van der Waals surface area contributed by atoms with Gasteiger partial charge in [-0.15, -0.1) is 0 Å². The number of carbonyl (C=O) groups is 3. The lowest BCUT2D eigenvalue weighted by Gasteiger charge is -2.17. The molecule has 3 N–H and O–H groups in total. The normalized spacial score (nSPS) is 9.92. The summed E-state index contributed by atoms with van der Waals surface area (Å²) in [6, 6.07) is 6.85. The zero-order valence-corrected chi connectivity index (χ0v) is 13.7. The maximum absolute atomic E-state index is 11.8. The van der Waals surface area contributed by atoms with Gasteiger partial charge in [0.05, 0.1) is 13.7 Å². The Bertz CT molecular complexity index is 535. The van der Waals surface area contributed by atoms with Gasteiger partial charge in [-0.1, -0.05) is 12.1 Å². The second kappa shape index (κ2) is 11.0. The number of rotatable bonds is 10. The number of amides is 3. The van der Waals surface area contributed by atoms with Gasteiger partial charge in [-0.2, -0.15) is 0 Å². The van der Waals surface area contributed by atoms with Gasteiger partial charge in [0.1, 0.15) is 6.61 Å². The average Bonchev–Trinajstić information content (AvgIpc) is 2.59. The van der Waals surface area contributed by atoms with Crippen LogP contribution in [0.4, 0.5) is 10.5 Å². The Hall–Kier alpha value is -2.65. The van der Waals surface area contributed by atoms with Crippen LogP contribution in [0.15, 0.2) is 24.3 Å². The van der Waals surface area contributed by atoms with E-state index in [0.29, 0.717) is 25.2 Å². The highest BCUT2D eigenvalue weighted by molar-refractivity contribution is 5.93. The molecule has 0 spiro atoms. The van der Waals surface area contributed by atoms with Crippen LogP contribution < -0.4 is 16.1 Å². The van der Waals surface area contributed by atoms with Crippen LogP contribution in [0.25, 0.3) is 0 Å². The van der Waals surface area contributed by atoms with Gasteiger partial charge >= 0.3 is 6.09 Å². The van der Waals surface area contributed by atoms with Gasteiger partial charge in [0.15, 0.2) is 0 Å². The molecule has 0 aliphatic rings. The van der Waals surface area contributed by atoms with E-state index in [4.69, 9.17) is 4.74 Å². The molecule has 0 unspecified atom stereocenters. The molecule has 3 amide bonds. The Morgan fingerprint density at radius 1 is 1.25 bits per heavy atom. The van der Waals surface area contributed by atoms with Crippen molar-refractivity contribution < 1.29 is 24.0 Å². The van der Waals surface area contributed by atoms with Crippen molar-refractivity contribution in [1.82, 2.24) is 15.7 Å². The molecular formula is C15H22N4O5. The van der Waals surface area contributed by atoms with Gasteiger partial charge in [-0.05, 0) is 17.7 Å². The Kier molecular flexibility index (Phi) is 8.87. The van der Waals surface area contributed by atoms with E-state index in [1.165, 1.54) is 12.0 Å². The number of hydrogen-bond acceptors (Lipinski definition) is 6. The summed E-state index contributed by atoms with van der Waals surface area (Å²) in [7, 11) is 3.13. The molecule has 0 saturated carbocycles. The lowest BCUT2D eigenvalue weighted by atomic mass is 10.2. The van der Waals surface area contributed by atoms with Gasteiger partial charge in [-0.3, -0.25) is 9.59 Å². The van der Waals surface area contributed by atoms with Crippen molar-refractivity contribution in [3.05, 3.63) is 29.8 Å². The molecule has 9 nitrogen and oxygen atoms in total. The molecule has 0 atom stereocenters. The molecular weight excluding hydrogens is 316 g/mol. The molecule has 0 fully saturated rings. The molecule has 1 aromatic carbocycles. The van der Waals surface area contributed by atoms with Gasteiger partial charge in [0.25, 0.3) is 0 Å². The molecule has 1 rings (SSSR count). The predicted molar refractivity (Wildman–Crippen MR) is 87.0 cm³/mol. The van der Waals surface area contributed by atoms with Crippen molar-refractivity contribution in [3.8, 4) is 0 Å². The van der Waals surface area contributed by atoms with Crippen LogP contribution in [0.1, 0.15) is 5.56 Å². The number of hydrogen-bond donors (Lipinski definition) is 3. The molecule has 9 heteroatoms. The van der Waals surface area contributed by atoms with E-state index in [1.54, 1.807) is 31.3 Å². The topological polar surface area (TPSA) is 109 Å². The number of nitrogens with zero attached hydrogens (tertiary/aromatic N) is 1. The number of ether oxygens (including phenoxy) is 1. The molecule has 24 heavy (non-hydrogen) atoms. The summed E-state index contributed by atoms with van der Waals surface area (Å²) in [4.78, 5) is 39.4. The largest absolute Gasteiger partial charge is 0.445 e. The molecule has 0 radical (unpaired) electrons. The zero-order chi connectivity index (χ0) is 17.8. The maximum Gasteiger partial charge on any atom is 0.409 e. The smallest absolute Gasteiger partial charge is 0.409 e. The number of carbonyl (C=O) groups excluding carboxylic acids is 3. The SMILES string of the molecule is CONCCN(C)C(=O)OCc1ccc(NC(=O)CNC=O)cc1. The van der Waals surface area contributed by atoms with Crippen LogP contribution in [0, 0.1) is 0 Å². The van der Waals surface area contributed by atoms with Gasteiger partial charge < -0.3 is 25.1 Å². The standard InChI is InChI=1S/C15H22N4O5/c1-19(8-7-17-23-2)15(22)24-10-12-3-5-13(6-4-12)18-14(21)9-16-11-20/h3-6,11,17H,7-10H2,1-2H3,(H,16,20)(H,18,21). The highest BCUT2D eigenvalue weighted by Gasteiger charge is 2.09. The van der Waals surface area contributed by atoms with Gasteiger partial charge in [0, 0.05) is 25.8 Å². The number of benzene rings is 1. The quantitative estimate of drug-likeness (QED) is 0.317. The molecule has 1 aromatic rings. The Balaban J connectivity index is 2.37. The van der Waals surface area contributed by atoms with Crippen LogP contribution in [-0.4, -0.2) is 57.1 Å². The second-order valence-electron chi connectivity index (χ2n) is 4.82. The van der Waals surface area contributed by atoms with E-state index in [0.717, 1.165) is 5.56 Å². The Morgan fingerprint density at radius 2 is 1.96 bits per heavy atom. The summed E-state index contributed by atoms with van der Waals surface area (Å²) in [6.07, 6.45) is 0.0181. The van der Waals surface area contributed by atoms with E-state index >= 15 is 0 Å². The third kappa shape index (κ3) is 7.56. The van der Waals surface area contributed by atoms with Crippen LogP contribution in [0.3, 0.4) is 0 Å². The summed E-state index contributed by atoms with van der Waals surface area (Å²) in [6.45, 7) is 0.983. The van der Waals surface area contributed by atoms with Gasteiger partial charge in [0.2, 0.25) is 12.3 Å². The van der Waals surface area contributed by atoms with Crippen LogP contribution in [-0.2, 0) is 25.8 Å². The fraction of sp³-hybridized carbons (Fsp3) is 0.400. The third-order valence-corrected chi connectivity index (χ3v) is 2.95. The summed E-state index contributed by atoms with van der Waals surface area (Å²) < 4.78 is 5.18. The number of likely N-dealkylation sites (N-methyl/N-ethyl adjacent to an activating group) is 1. The highest BCUT2D eigenvalue weighted by Crippen LogP contribution is 2.10. The van der Waals surface area contributed by atoms with Crippen LogP contribution in [0.2, 0.25) is 0 Å². The van der Waals surface area contributed by atoms with Crippen LogP contribution >= 0.6 is 0 Å². The lowest BCUT2D eigenvalue weighted by molar-refractivity contribution is -0.118. The van der Waals surface area contributed by atoms with Crippen molar-refractivity contribution in [2.75, 3.05) is 39.1 Å². The van der Waals surface area contributed by atoms with Crippen molar-refractivity contribution in [2.45, 2.75) is 6.61 Å². The Labute approximate surface area is 140 Å². The van der Waals surface area contributed by atoms with Crippen molar-refractivity contribution >= 4 is 24.1 Å². The van der Waals surface area contributed by atoms with E-state index in [9.17, 15) is 14.4 Å². The van der Waals surface area contributed by atoms with Gasteiger partial charge in [-0.25, -0.2) is 10.3 Å². The lowest BCUT2D eigenvalue weighted by Crippen LogP contribution is -2.33. The molecule has 0 aliphatic carbocycles. The predicted octanol–water partition coefficient (Wildman–Crippen LogP) is 0.0905. The molecule has 132 valence electrons. The first-order valence-electron chi connectivity index (χ1n) is 7.26. The maximum atomic E-state index is 11.8. The molecule has 0 aliphatic heterocycles. The first kappa shape index (κ1) is 19.4. The minimum absolute atomic E-state index is 0.0902.